The second kappa shape index (κ2) is 5.96. The number of rotatable bonds is 7. The molecule has 0 spiro atoms. The van der Waals surface area contributed by atoms with Crippen molar-refractivity contribution in [2.24, 2.45) is 12.5 Å². The van der Waals surface area contributed by atoms with Gasteiger partial charge in [0.25, 0.3) is 0 Å². The van der Waals surface area contributed by atoms with E-state index in [0.717, 1.165) is 31.6 Å². The Labute approximate surface area is 96.9 Å². The summed E-state index contributed by atoms with van der Waals surface area (Å²) in [7, 11) is 1.89. The van der Waals surface area contributed by atoms with Crippen molar-refractivity contribution in [3.63, 3.8) is 0 Å². The van der Waals surface area contributed by atoms with Crippen LogP contribution in [0.3, 0.4) is 0 Å². The molecule has 0 aliphatic carbocycles. The minimum absolute atomic E-state index is 0.0375. The molecule has 1 rings (SSSR count). The lowest BCUT2D eigenvalue weighted by Crippen LogP contribution is -2.21. The van der Waals surface area contributed by atoms with Gasteiger partial charge in [0.05, 0.1) is 11.9 Å². The predicted octanol–water partition coefficient (Wildman–Crippen LogP) is 0.703. The molecule has 0 saturated carbocycles. The van der Waals surface area contributed by atoms with E-state index in [-0.39, 0.29) is 12.0 Å². The zero-order valence-electron chi connectivity index (χ0n) is 10.4. The van der Waals surface area contributed by atoms with Crippen molar-refractivity contribution in [1.82, 2.24) is 20.3 Å². The molecule has 1 aromatic heterocycles. The zero-order chi connectivity index (χ0) is 12.0. The van der Waals surface area contributed by atoms with Crippen molar-refractivity contribution in [2.45, 2.75) is 33.2 Å². The third-order valence-electron chi connectivity index (χ3n) is 2.75. The van der Waals surface area contributed by atoms with Crippen LogP contribution >= 0.6 is 0 Å². The van der Waals surface area contributed by atoms with E-state index in [9.17, 15) is 0 Å². The van der Waals surface area contributed by atoms with Crippen molar-refractivity contribution in [2.75, 3.05) is 13.2 Å². The molecule has 0 radical (unpaired) electrons. The second-order valence-corrected chi connectivity index (χ2v) is 4.95. The lowest BCUT2D eigenvalue weighted by atomic mass is 9.89. The Kier molecular flexibility index (Phi) is 4.89. The average Bonchev–Trinajstić information content (AvgIpc) is 2.64. The van der Waals surface area contributed by atoms with Crippen LogP contribution in [0.2, 0.25) is 0 Å². The molecule has 1 heterocycles. The van der Waals surface area contributed by atoms with E-state index in [4.69, 9.17) is 5.11 Å². The molecule has 1 aromatic rings. The summed E-state index contributed by atoms with van der Waals surface area (Å²) in [6, 6.07) is 0. The molecule has 16 heavy (non-hydrogen) atoms. The van der Waals surface area contributed by atoms with Crippen LogP contribution in [0, 0.1) is 5.41 Å². The molecule has 0 fully saturated rings. The molecule has 0 atom stereocenters. The molecular formula is C11H22N4O. The standard InChI is InChI=1S/C11H22N4O/c1-11(2,9-16)5-4-6-12-7-10-8-13-14-15(10)3/h8,12,16H,4-7,9H2,1-3H3. The van der Waals surface area contributed by atoms with Crippen molar-refractivity contribution >= 4 is 0 Å². The number of aliphatic hydroxyl groups is 1. The average molecular weight is 226 g/mol. The molecule has 5 nitrogen and oxygen atoms in total. The maximum Gasteiger partial charge on any atom is 0.0738 e. The summed E-state index contributed by atoms with van der Waals surface area (Å²) < 4.78 is 1.77. The third-order valence-corrected chi connectivity index (χ3v) is 2.75. The van der Waals surface area contributed by atoms with Gasteiger partial charge in [0.15, 0.2) is 0 Å². The van der Waals surface area contributed by atoms with Crippen LogP contribution in [0.4, 0.5) is 0 Å². The molecule has 0 aromatic carbocycles. The lowest BCUT2D eigenvalue weighted by Gasteiger charge is -2.21. The summed E-state index contributed by atoms with van der Waals surface area (Å²) in [6.45, 7) is 6.16. The molecular weight excluding hydrogens is 204 g/mol. The van der Waals surface area contributed by atoms with Crippen molar-refractivity contribution in [1.29, 1.82) is 0 Å². The molecule has 0 unspecified atom stereocenters. The highest BCUT2D eigenvalue weighted by Crippen LogP contribution is 2.20. The number of aliphatic hydroxyl groups excluding tert-OH is 1. The van der Waals surface area contributed by atoms with Gasteiger partial charge >= 0.3 is 0 Å². The number of hydrogen-bond donors (Lipinski definition) is 2. The Morgan fingerprint density at radius 3 is 2.81 bits per heavy atom. The van der Waals surface area contributed by atoms with Crippen LogP contribution < -0.4 is 5.32 Å². The number of aromatic nitrogens is 3. The first kappa shape index (κ1) is 13.1. The molecule has 0 aliphatic rings. The van der Waals surface area contributed by atoms with E-state index in [1.807, 2.05) is 7.05 Å². The smallest absolute Gasteiger partial charge is 0.0738 e. The van der Waals surface area contributed by atoms with Crippen LogP contribution in [0.5, 0.6) is 0 Å². The van der Waals surface area contributed by atoms with Gasteiger partial charge in [-0.1, -0.05) is 19.1 Å². The van der Waals surface area contributed by atoms with Crippen LogP contribution in [-0.4, -0.2) is 33.3 Å². The minimum atomic E-state index is 0.0375. The summed E-state index contributed by atoms with van der Waals surface area (Å²) >= 11 is 0. The normalized spacial score (nSPS) is 12.0. The van der Waals surface area contributed by atoms with Gasteiger partial charge in [-0.15, -0.1) is 5.10 Å². The van der Waals surface area contributed by atoms with Gasteiger partial charge in [-0.05, 0) is 24.8 Å². The Hall–Kier alpha value is -0.940. The van der Waals surface area contributed by atoms with E-state index >= 15 is 0 Å². The molecule has 0 saturated heterocycles. The largest absolute Gasteiger partial charge is 0.396 e. The van der Waals surface area contributed by atoms with Gasteiger partial charge in [0.1, 0.15) is 0 Å². The highest BCUT2D eigenvalue weighted by Gasteiger charge is 2.15. The van der Waals surface area contributed by atoms with Crippen LogP contribution in [-0.2, 0) is 13.6 Å². The maximum atomic E-state index is 9.10. The number of aryl methyl sites for hydroxylation is 1. The zero-order valence-corrected chi connectivity index (χ0v) is 10.4. The van der Waals surface area contributed by atoms with Gasteiger partial charge in [0, 0.05) is 20.2 Å². The fourth-order valence-electron chi connectivity index (χ4n) is 1.46. The SMILES string of the molecule is Cn1nncc1CNCCCC(C)(C)CO. The summed E-state index contributed by atoms with van der Waals surface area (Å²) in [5.41, 5.74) is 1.12. The second-order valence-electron chi connectivity index (χ2n) is 4.95. The number of hydrogen-bond acceptors (Lipinski definition) is 4. The predicted molar refractivity (Wildman–Crippen MR) is 62.8 cm³/mol. The molecule has 0 aliphatic heterocycles. The Balaban J connectivity index is 2.11. The van der Waals surface area contributed by atoms with Crippen molar-refractivity contribution < 1.29 is 5.11 Å². The van der Waals surface area contributed by atoms with E-state index in [0.29, 0.717) is 0 Å². The van der Waals surface area contributed by atoms with Gasteiger partial charge in [0.2, 0.25) is 0 Å². The first-order valence-corrected chi connectivity index (χ1v) is 5.70. The Morgan fingerprint density at radius 1 is 1.50 bits per heavy atom. The summed E-state index contributed by atoms with van der Waals surface area (Å²) in [5, 5.41) is 20.1. The Bertz CT molecular complexity index is 309. The topological polar surface area (TPSA) is 63.0 Å². The fraction of sp³-hybridized carbons (Fsp3) is 0.818. The monoisotopic (exact) mass is 226 g/mol. The lowest BCUT2D eigenvalue weighted by molar-refractivity contribution is 0.148. The number of nitrogens with zero attached hydrogens (tertiary/aromatic N) is 3. The first-order chi connectivity index (χ1) is 7.55. The fourth-order valence-corrected chi connectivity index (χ4v) is 1.46. The third kappa shape index (κ3) is 4.28. The van der Waals surface area contributed by atoms with Gasteiger partial charge in [-0.2, -0.15) is 0 Å². The van der Waals surface area contributed by atoms with E-state index in [2.05, 4.69) is 29.5 Å². The molecule has 0 bridgehead atoms. The van der Waals surface area contributed by atoms with Gasteiger partial charge < -0.3 is 10.4 Å². The van der Waals surface area contributed by atoms with Crippen molar-refractivity contribution in [3.05, 3.63) is 11.9 Å². The van der Waals surface area contributed by atoms with E-state index in [1.54, 1.807) is 10.9 Å². The van der Waals surface area contributed by atoms with Gasteiger partial charge in [-0.3, -0.25) is 4.68 Å². The van der Waals surface area contributed by atoms with Crippen LogP contribution in [0.1, 0.15) is 32.4 Å². The highest BCUT2D eigenvalue weighted by atomic mass is 16.3. The molecule has 92 valence electrons. The summed E-state index contributed by atoms with van der Waals surface area (Å²) in [5.74, 6) is 0. The number of nitrogens with one attached hydrogen (secondary N) is 1. The summed E-state index contributed by atoms with van der Waals surface area (Å²) in [6.07, 6.45) is 3.86. The minimum Gasteiger partial charge on any atom is -0.396 e. The quantitative estimate of drug-likeness (QED) is 0.672. The molecule has 2 N–H and O–H groups in total. The molecule has 5 heteroatoms. The first-order valence-electron chi connectivity index (χ1n) is 5.70. The van der Waals surface area contributed by atoms with E-state index in [1.165, 1.54) is 0 Å². The summed E-state index contributed by atoms with van der Waals surface area (Å²) in [4.78, 5) is 0. The Morgan fingerprint density at radius 2 is 2.25 bits per heavy atom. The van der Waals surface area contributed by atoms with E-state index < -0.39 is 0 Å². The van der Waals surface area contributed by atoms with Crippen molar-refractivity contribution in [3.8, 4) is 0 Å². The van der Waals surface area contributed by atoms with Crippen LogP contribution in [0.25, 0.3) is 0 Å². The highest BCUT2D eigenvalue weighted by molar-refractivity contribution is 4.91. The van der Waals surface area contributed by atoms with Gasteiger partial charge in [-0.25, -0.2) is 0 Å². The van der Waals surface area contributed by atoms with Crippen LogP contribution in [0.15, 0.2) is 6.20 Å². The molecule has 0 amide bonds. The maximum absolute atomic E-state index is 9.10.